The van der Waals surface area contributed by atoms with E-state index in [2.05, 4.69) is 5.32 Å². The molecule has 0 radical (unpaired) electrons. The van der Waals surface area contributed by atoms with Crippen LogP contribution in [0.5, 0.6) is 5.75 Å². The predicted octanol–water partition coefficient (Wildman–Crippen LogP) is 1.48. The normalized spacial score (nSPS) is 12.9. The minimum Gasteiger partial charge on any atom is -0.548 e. The maximum atomic E-state index is 12.4. The van der Waals surface area contributed by atoms with Crippen LogP contribution < -0.4 is 20.8 Å². The van der Waals surface area contributed by atoms with Crippen LogP contribution in [-0.4, -0.2) is 18.0 Å². The standard InChI is InChI=1S/C21H19NO6/c1-12-10-18(23)28-17-11-15(8-9-16(12)17)27-13(2)20(24)22-19(21(25)26)14-6-4-3-5-7-14/h3-11,13,19H,1-2H3,(H,22,24)(H,25,26)/p-1/t13-,19-/m1/s1. The van der Waals surface area contributed by atoms with Gasteiger partial charge in [-0.1, -0.05) is 30.3 Å². The SMILES string of the molecule is Cc1cc(=O)oc2cc(O[C@H](C)C(=O)N[C@@H](C(=O)[O-])c3ccccc3)ccc12. The van der Waals surface area contributed by atoms with Crippen molar-refractivity contribution in [1.29, 1.82) is 0 Å². The number of ether oxygens (including phenoxy) is 1. The van der Waals surface area contributed by atoms with E-state index in [4.69, 9.17) is 9.15 Å². The van der Waals surface area contributed by atoms with Gasteiger partial charge >= 0.3 is 5.63 Å². The van der Waals surface area contributed by atoms with Gasteiger partial charge in [0.05, 0.1) is 12.0 Å². The highest BCUT2D eigenvalue weighted by Gasteiger charge is 2.21. The zero-order valence-electron chi connectivity index (χ0n) is 15.3. The van der Waals surface area contributed by atoms with Gasteiger partial charge in [-0.3, -0.25) is 4.79 Å². The van der Waals surface area contributed by atoms with Crippen LogP contribution in [0.1, 0.15) is 24.1 Å². The molecule has 3 aromatic rings. The van der Waals surface area contributed by atoms with Crippen molar-refractivity contribution in [3.63, 3.8) is 0 Å². The first-order chi connectivity index (χ1) is 13.3. The molecule has 0 spiro atoms. The number of nitrogens with one attached hydrogen (secondary N) is 1. The summed E-state index contributed by atoms with van der Waals surface area (Å²) in [5.74, 6) is -1.73. The van der Waals surface area contributed by atoms with Crippen molar-refractivity contribution < 1.29 is 23.8 Å². The quantitative estimate of drug-likeness (QED) is 0.649. The molecule has 0 aliphatic carbocycles. The Labute approximate surface area is 160 Å². The average Bonchev–Trinajstić information content (AvgIpc) is 2.65. The molecule has 2 atom stereocenters. The molecular weight excluding hydrogens is 362 g/mol. The highest BCUT2D eigenvalue weighted by Crippen LogP contribution is 2.23. The van der Waals surface area contributed by atoms with Gasteiger partial charge in [0, 0.05) is 17.5 Å². The molecule has 2 aromatic carbocycles. The van der Waals surface area contributed by atoms with Crippen LogP contribution in [0.15, 0.2) is 63.8 Å². The zero-order valence-corrected chi connectivity index (χ0v) is 15.3. The molecule has 1 heterocycles. The van der Waals surface area contributed by atoms with Gasteiger partial charge in [-0.25, -0.2) is 4.79 Å². The largest absolute Gasteiger partial charge is 0.548 e. The van der Waals surface area contributed by atoms with Crippen LogP contribution in [-0.2, 0) is 9.59 Å². The molecule has 7 nitrogen and oxygen atoms in total. The topological polar surface area (TPSA) is 109 Å². The van der Waals surface area contributed by atoms with E-state index in [1.165, 1.54) is 19.1 Å². The number of amides is 1. The van der Waals surface area contributed by atoms with Crippen molar-refractivity contribution in [2.45, 2.75) is 26.0 Å². The summed E-state index contributed by atoms with van der Waals surface area (Å²) in [6.45, 7) is 3.28. The van der Waals surface area contributed by atoms with Gasteiger partial charge in [0.1, 0.15) is 11.3 Å². The number of carboxylic acid groups (broad SMARTS) is 1. The lowest BCUT2D eigenvalue weighted by molar-refractivity contribution is -0.308. The van der Waals surface area contributed by atoms with Gasteiger partial charge in [-0.05, 0) is 37.1 Å². The van der Waals surface area contributed by atoms with Gasteiger partial charge in [0.25, 0.3) is 5.91 Å². The molecular formula is C21H18NO6-. The Morgan fingerprint density at radius 2 is 1.82 bits per heavy atom. The zero-order chi connectivity index (χ0) is 20.3. The molecule has 1 aromatic heterocycles. The number of hydrogen-bond donors (Lipinski definition) is 1. The molecule has 0 aliphatic rings. The number of aryl methyl sites for hydroxylation is 1. The van der Waals surface area contributed by atoms with E-state index in [1.54, 1.807) is 49.4 Å². The van der Waals surface area contributed by atoms with Crippen molar-refractivity contribution in [3.05, 3.63) is 76.1 Å². The Morgan fingerprint density at radius 1 is 1.11 bits per heavy atom. The summed E-state index contributed by atoms with van der Waals surface area (Å²) < 4.78 is 10.7. The summed E-state index contributed by atoms with van der Waals surface area (Å²) in [5.41, 5.74) is 1.02. The molecule has 28 heavy (non-hydrogen) atoms. The van der Waals surface area contributed by atoms with E-state index < -0.39 is 29.6 Å². The fourth-order valence-electron chi connectivity index (χ4n) is 2.82. The first kappa shape index (κ1) is 19.2. The maximum Gasteiger partial charge on any atom is 0.336 e. The molecule has 0 saturated carbocycles. The fraction of sp³-hybridized carbons (Fsp3) is 0.190. The van der Waals surface area contributed by atoms with E-state index in [1.807, 2.05) is 0 Å². The third-order valence-electron chi connectivity index (χ3n) is 4.26. The molecule has 0 fully saturated rings. The third kappa shape index (κ3) is 4.20. The van der Waals surface area contributed by atoms with Crippen LogP contribution in [0.2, 0.25) is 0 Å². The van der Waals surface area contributed by atoms with Gasteiger partial charge < -0.3 is 24.4 Å². The second-order valence-corrected chi connectivity index (χ2v) is 6.34. The van der Waals surface area contributed by atoms with E-state index in [0.717, 1.165) is 10.9 Å². The van der Waals surface area contributed by atoms with Crippen molar-refractivity contribution in [1.82, 2.24) is 5.32 Å². The number of fused-ring (bicyclic) bond motifs is 1. The van der Waals surface area contributed by atoms with Crippen LogP contribution in [0.4, 0.5) is 0 Å². The van der Waals surface area contributed by atoms with Crippen LogP contribution in [0.3, 0.4) is 0 Å². The molecule has 1 N–H and O–H groups in total. The Balaban J connectivity index is 1.75. The summed E-state index contributed by atoms with van der Waals surface area (Å²) in [6.07, 6.45) is -0.987. The minimum absolute atomic E-state index is 0.314. The summed E-state index contributed by atoms with van der Waals surface area (Å²) in [6, 6.07) is 13.2. The van der Waals surface area contributed by atoms with E-state index in [-0.39, 0.29) is 0 Å². The predicted molar refractivity (Wildman–Crippen MR) is 99.6 cm³/mol. The Bertz CT molecular complexity index is 1070. The number of carbonyl (C=O) groups excluding carboxylic acids is 2. The summed E-state index contributed by atoms with van der Waals surface area (Å²) in [7, 11) is 0. The second kappa shape index (κ2) is 7.96. The van der Waals surface area contributed by atoms with Gasteiger partial charge in [-0.15, -0.1) is 0 Å². The molecule has 0 bridgehead atoms. The number of carbonyl (C=O) groups is 2. The Morgan fingerprint density at radius 3 is 2.50 bits per heavy atom. The first-order valence-electron chi connectivity index (χ1n) is 8.62. The van der Waals surface area contributed by atoms with Crippen molar-refractivity contribution in [2.24, 2.45) is 0 Å². The number of rotatable bonds is 6. The molecule has 3 rings (SSSR count). The van der Waals surface area contributed by atoms with E-state index in [0.29, 0.717) is 16.9 Å². The highest BCUT2D eigenvalue weighted by atomic mass is 16.5. The van der Waals surface area contributed by atoms with Gasteiger partial charge in [-0.2, -0.15) is 0 Å². The summed E-state index contributed by atoms with van der Waals surface area (Å²) >= 11 is 0. The lowest BCUT2D eigenvalue weighted by Crippen LogP contribution is -2.45. The van der Waals surface area contributed by atoms with Gasteiger partial charge in [0.15, 0.2) is 6.10 Å². The molecule has 7 heteroatoms. The first-order valence-corrected chi connectivity index (χ1v) is 8.62. The minimum atomic E-state index is -1.42. The Hall–Kier alpha value is -3.61. The number of carboxylic acids is 1. The number of aliphatic carboxylic acids is 1. The van der Waals surface area contributed by atoms with Crippen molar-refractivity contribution >= 4 is 22.8 Å². The van der Waals surface area contributed by atoms with Crippen LogP contribution >= 0.6 is 0 Å². The third-order valence-corrected chi connectivity index (χ3v) is 4.26. The molecule has 0 aliphatic heterocycles. The smallest absolute Gasteiger partial charge is 0.336 e. The maximum absolute atomic E-state index is 12.4. The molecule has 1 amide bonds. The second-order valence-electron chi connectivity index (χ2n) is 6.34. The monoisotopic (exact) mass is 380 g/mol. The number of hydrogen-bond acceptors (Lipinski definition) is 6. The van der Waals surface area contributed by atoms with E-state index >= 15 is 0 Å². The van der Waals surface area contributed by atoms with Crippen molar-refractivity contribution in [2.75, 3.05) is 0 Å². The lowest BCUT2D eigenvalue weighted by Gasteiger charge is -2.22. The number of benzene rings is 2. The molecule has 0 saturated heterocycles. The summed E-state index contributed by atoms with van der Waals surface area (Å²) in [5, 5.41) is 14.6. The van der Waals surface area contributed by atoms with Crippen LogP contribution in [0, 0.1) is 6.92 Å². The van der Waals surface area contributed by atoms with Crippen LogP contribution in [0.25, 0.3) is 11.0 Å². The molecule has 144 valence electrons. The lowest BCUT2D eigenvalue weighted by atomic mass is 10.1. The molecule has 0 unspecified atom stereocenters. The average molecular weight is 380 g/mol. The summed E-state index contributed by atoms with van der Waals surface area (Å²) in [4.78, 5) is 35.4. The van der Waals surface area contributed by atoms with Crippen molar-refractivity contribution in [3.8, 4) is 5.75 Å². The Kier molecular flexibility index (Phi) is 5.44. The van der Waals surface area contributed by atoms with Gasteiger partial charge in [0.2, 0.25) is 0 Å². The van der Waals surface area contributed by atoms with E-state index in [9.17, 15) is 19.5 Å². The fourth-order valence-corrected chi connectivity index (χ4v) is 2.82. The highest BCUT2D eigenvalue weighted by molar-refractivity contribution is 5.86.